The van der Waals surface area contributed by atoms with Crippen molar-refractivity contribution in [2.75, 3.05) is 10.7 Å². The standard InChI is InChI=1S/C19H15F3N4OS/c20-19(21,22)14-7-5-13(6-8-14)18-25-16(11-28-18)26(24)17(27)9-4-12-2-1-3-15(23)10-12/h1-11H,23-24H2. The molecule has 0 saturated carbocycles. The third kappa shape index (κ3) is 4.56. The van der Waals surface area contributed by atoms with Crippen molar-refractivity contribution in [1.82, 2.24) is 4.98 Å². The molecule has 5 nitrogen and oxygen atoms in total. The molecule has 2 aromatic carbocycles. The molecular weight excluding hydrogens is 389 g/mol. The predicted molar refractivity (Wildman–Crippen MR) is 104 cm³/mol. The molecule has 0 fully saturated rings. The highest BCUT2D eigenvalue weighted by atomic mass is 32.1. The van der Waals surface area contributed by atoms with Gasteiger partial charge >= 0.3 is 6.18 Å². The molecule has 1 heterocycles. The molecule has 144 valence electrons. The van der Waals surface area contributed by atoms with Crippen LogP contribution in [0.15, 0.2) is 60.0 Å². The molecule has 0 radical (unpaired) electrons. The lowest BCUT2D eigenvalue weighted by molar-refractivity contribution is -0.137. The second kappa shape index (κ2) is 7.83. The number of hydrogen-bond donors (Lipinski definition) is 2. The monoisotopic (exact) mass is 404 g/mol. The second-order valence-electron chi connectivity index (χ2n) is 5.80. The van der Waals surface area contributed by atoms with Gasteiger partial charge in [-0.2, -0.15) is 13.2 Å². The summed E-state index contributed by atoms with van der Waals surface area (Å²) in [6, 6.07) is 11.6. The third-order valence-electron chi connectivity index (χ3n) is 3.76. The van der Waals surface area contributed by atoms with Crippen molar-refractivity contribution < 1.29 is 18.0 Å². The minimum absolute atomic E-state index is 0.196. The number of aromatic nitrogens is 1. The number of halogens is 3. The summed E-state index contributed by atoms with van der Waals surface area (Å²) in [6.07, 6.45) is -1.55. The van der Waals surface area contributed by atoms with Crippen LogP contribution < -0.4 is 16.6 Å². The number of nitrogens with zero attached hydrogens (tertiary/aromatic N) is 2. The smallest absolute Gasteiger partial charge is 0.399 e. The first kappa shape index (κ1) is 19.6. The van der Waals surface area contributed by atoms with E-state index in [1.54, 1.807) is 35.7 Å². The van der Waals surface area contributed by atoms with E-state index in [2.05, 4.69) is 4.98 Å². The zero-order chi connectivity index (χ0) is 20.3. The number of nitrogen functional groups attached to an aromatic ring is 1. The molecular formula is C19H15F3N4OS. The van der Waals surface area contributed by atoms with E-state index in [1.807, 2.05) is 0 Å². The maximum absolute atomic E-state index is 12.7. The Balaban J connectivity index is 1.73. The lowest BCUT2D eigenvalue weighted by Crippen LogP contribution is -2.36. The van der Waals surface area contributed by atoms with Gasteiger partial charge in [-0.1, -0.05) is 24.3 Å². The van der Waals surface area contributed by atoms with E-state index < -0.39 is 17.6 Å². The van der Waals surface area contributed by atoms with E-state index in [4.69, 9.17) is 11.6 Å². The number of nitrogens with two attached hydrogens (primary N) is 2. The number of amides is 1. The number of hydrazine groups is 1. The van der Waals surface area contributed by atoms with Crippen LogP contribution in [-0.4, -0.2) is 10.9 Å². The Bertz CT molecular complexity index is 1010. The van der Waals surface area contributed by atoms with E-state index >= 15 is 0 Å². The van der Waals surface area contributed by atoms with Crippen molar-refractivity contribution in [1.29, 1.82) is 0 Å². The summed E-state index contributed by atoms with van der Waals surface area (Å²) in [7, 11) is 0. The molecule has 0 saturated heterocycles. The number of alkyl halides is 3. The summed E-state index contributed by atoms with van der Waals surface area (Å²) < 4.78 is 38.0. The van der Waals surface area contributed by atoms with Gasteiger partial charge in [0.2, 0.25) is 0 Å². The van der Waals surface area contributed by atoms with Crippen molar-refractivity contribution in [2.45, 2.75) is 6.18 Å². The first-order chi connectivity index (χ1) is 13.2. The van der Waals surface area contributed by atoms with Crippen LogP contribution in [0, 0.1) is 0 Å². The van der Waals surface area contributed by atoms with Crippen molar-refractivity contribution in [3.8, 4) is 10.6 Å². The molecule has 3 aromatic rings. The van der Waals surface area contributed by atoms with Gasteiger partial charge < -0.3 is 5.73 Å². The summed E-state index contributed by atoms with van der Waals surface area (Å²) >= 11 is 1.17. The molecule has 0 spiro atoms. The van der Waals surface area contributed by atoms with Crippen LogP contribution in [0.5, 0.6) is 0 Å². The van der Waals surface area contributed by atoms with Gasteiger partial charge in [0.05, 0.1) is 5.56 Å². The number of rotatable bonds is 4. The molecule has 0 aliphatic heterocycles. The van der Waals surface area contributed by atoms with E-state index in [9.17, 15) is 18.0 Å². The molecule has 28 heavy (non-hydrogen) atoms. The van der Waals surface area contributed by atoms with Crippen LogP contribution in [-0.2, 0) is 11.0 Å². The number of carbonyl (C=O) groups excluding carboxylic acids is 1. The molecule has 9 heteroatoms. The summed E-state index contributed by atoms with van der Waals surface area (Å²) in [5, 5.41) is 2.87. The topological polar surface area (TPSA) is 85.2 Å². The van der Waals surface area contributed by atoms with Crippen molar-refractivity contribution in [2.24, 2.45) is 5.84 Å². The summed E-state index contributed by atoms with van der Waals surface area (Å²) in [5.74, 6) is 5.50. The molecule has 0 atom stereocenters. The summed E-state index contributed by atoms with van der Waals surface area (Å²) in [4.78, 5) is 16.5. The molecule has 0 aliphatic carbocycles. The molecule has 4 N–H and O–H groups in total. The number of thiazole rings is 1. The van der Waals surface area contributed by atoms with E-state index in [-0.39, 0.29) is 5.82 Å². The Kier molecular flexibility index (Phi) is 5.48. The fourth-order valence-electron chi connectivity index (χ4n) is 2.33. The first-order valence-corrected chi connectivity index (χ1v) is 8.87. The quantitative estimate of drug-likeness (QED) is 0.223. The van der Waals surface area contributed by atoms with Crippen LogP contribution in [0.2, 0.25) is 0 Å². The van der Waals surface area contributed by atoms with Gasteiger partial charge in [-0.3, -0.25) is 4.79 Å². The number of anilines is 2. The maximum Gasteiger partial charge on any atom is 0.416 e. The van der Waals surface area contributed by atoms with E-state index in [1.165, 1.54) is 29.5 Å². The highest BCUT2D eigenvalue weighted by Crippen LogP contribution is 2.32. The highest BCUT2D eigenvalue weighted by Gasteiger charge is 2.30. The van der Waals surface area contributed by atoms with Crippen molar-refractivity contribution in [3.05, 3.63) is 71.1 Å². The summed E-state index contributed by atoms with van der Waals surface area (Å²) in [6.45, 7) is 0. The minimum Gasteiger partial charge on any atom is -0.399 e. The van der Waals surface area contributed by atoms with Gasteiger partial charge in [0.25, 0.3) is 5.91 Å². The Morgan fingerprint density at radius 2 is 1.86 bits per heavy atom. The van der Waals surface area contributed by atoms with Crippen molar-refractivity contribution >= 4 is 34.8 Å². The van der Waals surface area contributed by atoms with Gasteiger partial charge in [0.15, 0.2) is 5.82 Å². The normalized spacial score (nSPS) is 11.7. The van der Waals surface area contributed by atoms with Crippen LogP contribution >= 0.6 is 11.3 Å². The fourth-order valence-corrected chi connectivity index (χ4v) is 3.14. The number of benzene rings is 2. The molecule has 0 unspecified atom stereocenters. The van der Waals surface area contributed by atoms with E-state index in [0.717, 1.165) is 22.7 Å². The number of hydrogen-bond acceptors (Lipinski definition) is 5. The Hall–Kier alpha value is -3.17. The Labute approximate surface area is 162 Å². The molecule has 1 amide bonds. The molecule has 1 aromatic heterocycles. The largest absolute Gasteiger partial charge is 0.416 e. The Morgan fingerprint density at radius 3 is 2.50 bits per heavy atom. The molecule has 0 bridgehead atoms. The zero-order valence-electron chi connectivity index (χ0n) is 14.4. The first-order valence-electron chi connectivity index (χ1n) is 7.99. The molecule has 0 aliphatic rings. The second-order valence-corrected chi connectivity index (χ2v) is 6.66. The minimum atomic E-state index is -4.40. The van der Waals surface area contributed by atoms with Gasteiger partial charge in [-0.05, 0) is 35.9 Å². The lowest BCUT2D eigenvalue weighted by Gasteiger charge is -2.10. The third-order valence-corrected chi connectivity index (χ3v) is 4.64. The zero-order valence-corrected chi connectivity index (χ0v) is 15.2. The average Bonchev–Trinajstić information content (AvgIpc) is 3.15. The van der Waals surface area contributed by atoms with Gasteiger partial charge in [0, 0.05) is 22.7 Å². The molecule has 3 rings (SSSR count). The number of carbonyl (C=O) groups is 1. The Morgan fingerprint density at radius 1 is 1.14 bits per heavy atom. The van der Waals surface area contributed by atoms with Crippen LogP contribution in [0.25, 0.3) is 16.6 Å². The van der Waals surface area contributed by atoms with Crippen molar-refractivity contribution in [3.63, 3.8) is 0 Å². The maximum atomic E-state index is 12.7. The lowest BCUT2D eigenvalue weighted by atomic mass is 10.1. The van der Waals surface area contributed by atoms with Crippen LogP contribution in [0.4, 0.5) is 24.7 Å². The SMILES string of the molecule is Nc1cccc(C=CC(=O)N(N)c2csc(-c3ccc(C(F)(F)F)cc3)n2)c1. The highest BCUT2D eigenvalue weighted by molar-refractivity contribution is 7.13. The van der Waals surface area contributed by atoms with Gasteiger partial charge in [0.1, 0.15) is 5.01 Å². The van der Waals surface area contributed by atoms with Crippen LogP contribution in [0.1, 0.15) is 11.1 Å². The average molecular weight is 404 g/mol. The fraction of sp³-hybridized carbons (Fsp3) is 0.0526. The van der Waals surface area contributed by atoms with Gasteiger partial charge in [-0.25, -0.2) is 15.8 Å². The predicted octanol–water partition coefficient (Wildman–Crippen LogP) is 4.33. The summed E-state index contributed by atoms with van der Waals surface area (Å²) in [5.41, 5.74) is 6.75. The van der Waals surface area contributed by atoms with Crippen LogP contribution in [0.3, 0.4) is 0 Å². The van der Waals surface area contributed by atoms with Gasteiger partial charge in [-0.15, -0.1) is 11.3 Å². The van der Waals surface area contributed by atoms with E-state index in [0.29, 0.717) is 16.3 Å².